The van der Waals surface area contributed by atoms with Crippen molar-refractivity contribution in [3.63, 3.8) is 0 Å². The molecule has 13 rings (SSSR count). The Labute approximate surface area is 369 Å². The molecule has 3 aromatic heterocycles. The van der Waals surface area contributed by atoms with Gasteiger partial charge in [0.05, 0.1) is 39.1 Å². The van der Waals surface area contributed by atoms with Crippen LogP contribution < -0.4 is 0 Å². The first-order valence-corrected chi connectivity index (χ1v) is 21.8. The van der Waals surface area contributed by atoms with Crippen molar-refractivity contribution in [1.29, 1.82) is 0 Å². The third-order valence-electron chi connectivity index (χ3n) is 12.9. The molecule has 0 aliphatic carbocycles. The van der Waals surface area contributed by atoms with Gasteiger partial charge in [-0.25, -0.2) is 9.97 Å². The van der Waals surface area contributed by atoms with Crippen LogP contribution in [-0.2, 0) is 0 Å². The van der Waals surface area contributed by atoms with Crippen LogP contribution in [0.5, 0.6) is 0 Å². The predicted molar refractivity (Wildman–Crippen MR) is 267 cm³/mol. The van der Waals surface area contributed by atoms with Gasteiger partial charge in [-0.3, -0.25) is 0 Å². The molecule has 13 aromatic rings. The van der Waals surface area contributed by atoms with E-state index in [1.165, 1.54) is 60.0 Å². The van der Waals surface area contributed by atoms with E-state index in [0.29, 0.717) is 5.82 Å². The van der Waals surface area contributed by atoms with Crippen molar-refractivity contribution in [3.8, 4) is 56.4 Å². The smallest absolute Gasteiger partial charge is 0.160 e. The van der Waals surface area contributed by atoms with E-state index in [0.717, 1.165) is 55.7 Å². The van der Waals surface area contributed by atoms with Gasteiger partial charge in [0.25, 0.3) is 0 Å². The van der Waals surface area contributed by atoms with Crippen LogP contribution in [0.2, 0.25) is 0 Å². The Balaban J connectivity index is 1.01. The molecular formula is C60H38N4. The first-order chi connectivity index (χ1) is 31.7. The van der Waals surface area contributed by atoms with Crippen molar-refractivity contribution < 1.29 is 0 Å². The number of para-hydroxylation sites is 2. The summed E-state index contributed by atoms with van der Waals surface area (Å²) in [5, 5.41) is 9.65. The highest BCUT2D eigenvalue weighted by atomic mass is 15.0. The Morgan fingerprint density at radius 2 is 0.812 bits per heavy atom. The van der Waals surface area contributed by atoms with Gasteiger partial charge in [-0.05, 0) is 94.0 Å². The highest BCUT2D eigenvalue weighted by Crippen LogP contribution is 2.42. The summed E-state index contributed by atoms with van der Waals surface area (Å²) >= 11 is 0. The molecule has 4 heteroatoms. The molecular weight excluding hydrogens is 777 g/mol. The summed E-state index contributed by atoms with van der Waals surface area (Å²) in [6, 6.07) is 82.9. The summed E-state index contributed by atoms with van der Waals surface area (Å²) in [7, 11) is 0. The Morgan fingerprint density at radius 3 is 1.55 bits per heavy atom. The number of benzene rings is 10. The topological polar surface area (TPSA) is 35.6 Å². The number of aromatic nitrogens is 4. The van der Waals surface area contributed by atoms with Gasteiger partial charge in [0.1, 0.15) is 0 Å². The van der Waals surface area contributed by atoms with Crippen molar-refractivity contribution in [1.82, 2.24) is 19.1 Å². The quantitative estimate of drug-likeness (QED) is 0.168. The lowest BCUT2D eigenvalue weighted by Gasteiger charge is -2.16. The molecule has 0 amide bonds. The van der Waals surface area contributed by atoms with Crippen LogP contribution in [0.15, 0.2) is 231 Å². The second kappa shape index (κ2) is 14.5. The fraction of sp³-hybridized carbons (Fsp3) is 0. The number of hydrogen-bond acceptors (Lipinski definition) is 2. The number of fused-ring (bicyclic) bond motifs is 8. The van der Waals surface area contributed by atoms with Gasteiger partial charge in [0, 0.05) is 49.3 Å². The highest BCUT2D eigenvalue weighted by Gasteiger charge is 2.20. The molecule has 4 nitrogen and oxygen atoms in total. The van der Waals surface area contributed by atoms with E-state index in [2.05, 4.69) is 215 Å². The van der Waals surface area contributed by atoms with Crippen LogP contribution in [0.4, 0.5) is 0 Å². The Morgan fingerprint density at radius 1 is 0.281 bits per heavy atom. The first kappa shape index (κ1) is 36.1. The van der Waals surface area contributed by atoms with Gasteiger partial charge in [0.2, 0.25) is 0 Å². The van der Waals surface area contributed by atoms with E-state index < -0.39 is 0 Å². The lowest BCUT2D eigenvalue weighted by atomic mass is 9.98. The summed E-state index contributed by atoms with van der Waals surface area (Å²) in [6.45, 7) is 0. The minimum Gasteiger partial charge on any atom is -0.309 e. The fourth-order valence-corrected chi connectivity index (χ4v) is 9.91. The molecule has 0 unspecified atom stereocenters. The Hall–Kier alpha value is -8.60. The number of rotatable bonds is 6. The lowest BCUT2D eigenvalue weighted by molar-refractivity contribution is 1.18. The molecule has 64 heavy (non-hydrogen) atoms. The first-order valence-electron chi connectivity index (χ1n) is 21.8. The standard InChI is InChI=1S/C60H38N4/c1-4-16-39(17-5-1)53-38-54(62-60(61-53)40-18-6-2-7-19-40)47-30-33-56(48-25-13-12-24-46(47)48)64-58-32-29-44(36-51(58)52-34-41-20-10-11-21-42(41)37-59(52)64)43-28-31-57-50(35-43)49-26-14-15-27-55(49)63(57)45-22-8-3-9-23-45/h1-38H. The monoisotopic (exact) mass is 814 g/mol. The summed E-state index contributed by atoms with van der Waals surface area (Å²) in [4.78, 5) is 10.3. The average Bonchev–Trinajstić information content (AvgIpc) is 3.87. The van der Waals surface area contributed by atoms with Crippen molar-refractivity contribution >= 4 is 65.2 Å². The van der Waals surface area contributed by atoms with Crippen LogP contribution in [0.3, 0.4) is 0 Å². The SMILES string of the molecule is c1ccc(-c2cc(-c3ccc(-n4c5ccc(-c6ccc7c(c6)c6ccccc6n7-c6ccccc6)cc5c5cc6ccccc6cc54)c4ccccc34)nc(-c3ccccc3)n2)cc1. The molecule has 10 aromatic carbocycles. The van der Waals surface area contributed by atoms with Crippen molar-refractivity contribution in [2.24, 2.45) is 0 Å². The highest BCUT2D eigenvalue weighted by molar-refractivity contribution is 6.16. The molecule has 0 fully saturated rings. The third-order valence-corrected chi connectivity index (χ3v) is 12.9. The molecule has 0 bridgehead atoms. The summed E-state index contributed by atoms with van der Waals surface area (Å²) < 4.78 is 4.84. The normalized spacial score (nSPS) is 11.8. The molecule has 0 spiro atoms. The molecule has 0 radical (unpaired) electrons. The lowest BCUT2D eigenvalue weighted by Crippen LogP contribution is -1.99. The molecule has 0 aliphatic heterocycles. The van der Waals surface area contributed by atoms with Crippen LogP contribution in [0.1, 0.15) is 0 Å². The zero-order valence-electron chi connectivity index (χ0n) is 34.7. The van der Waals surface area contributed by atoms with Crippen LogP contribution in [0.25, 0.3) is 122 Å². The fourth-order valence-electron chi connectivity index (χ4n) is 9.91. The van der Waals surface area contributed by atoms with Gasteiger partial charge >= 0.3 is 0 Å². The van der Waals surface area contributed by atoms with Crippen molar-refractivity contribution in [2.75, 3.05) is 0 Å². The minimum atomic E-state index is 0.705. The van der Waals surface area contributed by atoms with Crippen molar-refractivity contribution in [3.05, 3.63) is 231 Å². The second-order valence-corrected chi connectivity index (χ2v) is 16.6. The third kappa shape index (κ3) is 5.77. The second-order valence-electron chi connectivity index (χ2n) is 16.6. The van der Waals surface area contributed by atoms with Gasteiger partial charge in [-0.15, -0.1) is 0 Å². The predicted octanol–water partition coefficient (Wildman–Crippen LogP) is 15.6. The number of nitrogens with zero attached hydrogens (tertiary/aromatic N) is 4. The van der Waals surface area contributed by atoms with Crippen molar-refractivity contribution in [2.45, 2.75) is 0 Å². The summed E-state index contributed by atoms with van der Waals surface area (Å²) in [5.41, 5.74) is 14.3. The zero-order valence-corrected chi connectivity index (χ0v) is 34.7. The molecule has 0 atom stereocenters. The maximum absolute atomic E-state index is 5.25. The van der Waals surface area contributed by atoms with E-state index in [-0.39, 0.29) is 0 Å². The zero-order chi connectivity index (χ0) is 42.1. The molecule has 0 saturated carbocycles. The van der Waals surface area contributed by atoms with Gasteiger partial charge < -0.3 is 9.13 Å². The molecule has 0 aliphatic rings. The minimum absolute atomic E-state index is 0.705. The maximum atomic E-state index is 5.25. The van der Waals surface area contributed by atoms with E-state index in [1.807, 2.05) is 24.3 Å². The van der Waals surface area contributed by atoms with E-state index >= 15 is 0 Å². The molecule has 298 valence electrons. The maximum Gasteiger partial charge on any atom is 0.160 e. The van der Waals surface area contributed by atoms with Crippen LogP contribution in [-0.4, -0.2) is 19.1 Å². The van der Waals surface area contributed by atoms with E-state index in [4.69, 9.17) is 9.97 Å². The summed E-state index contributed by atoms with van der Waals surface area (Å²) in [5.74, 6) is 0.705. The Kier molecular flexibility index (Phi) is 8.18. The van der Waals surface area contributed by atoms with E-state index in [9.17, 15) is 0 Å². The molecule has 0 N–H and O–H groups in total. The average molecular weight is 815 g/mol. The van der Waals surface area contributed by atoms with Crippen LogP contribution >= 0.6 is 0 Å². The van der Waals surface area contributed by atoms with Gasteiger partial charge in [-0.2, -0.15) is 0 Å². The van der Waals surface area contributed by atoms with Gasteiger partial charge in [-0.1, -0.05) is 164 Å². The van der Waals surface area contributed by atoms with Crippen LogP contribution in [0, 0.1) is 0 Å². The molecule has 0 saturated heterocycles. The number of hydrogen-bond donors (Lipinski definition) is 0. The largest absolute Gasteiger partial charge is 0.309 e. The Bertz CT molecular complexity index is 3880. The van der Waals surface area contributed by atoms with Gasteiger partial charge in [0.15, 0.2) is 5.82 Å². The molecule has 3 heterocycles. The van der Waals surface area contributed by atoms with E-state index in [1.54, 1.807) is 0 Å². The summed E-state index contributed by atoms with van der Waals surface area (Å²) in [6.07, 6.45) is 0.